The molecule has 0 bridgehead atoms. The van der Waals surface area contributed by atoms with Crippen molar-refractivity contribution in [3.63, 3.8) is 0 Å². The zero-order valence-corrected chi connectivity index (χ0v) is 10.2. The molecule has 0 atom stereocenters. The number of carbonyl (C=O) groups is 1. The summed E-state index contributed by atoms with van der Waals surface area (Å²) in [5.74, 6) is -1.69. The lowest BCUT2D eigenvalue weighted by Gasteiger charge is -2.06. The van der Waals surface area contributed by atoms with E-state index in [2.05, 4.69) is 4.74 Å². The highest BCUT2D eigenvalue weighted by molar-refractivity contribution is 6.17. The molecule has 0 fully saturated rings. The normalized spacial score (nSPS) is 10.4. The Labute approximate surface area is 104 Å². The van der Waals surface area contributed by atoms with Gasteiger partial charge in [0.2, 0.25) is 0 Å². The molecule has 0 unspecified atom stereocenters. The summed E-state index contributed by atoms with van der Waals surface area (Å²) in [5.41, 5.74) is -0.238. The largest absolute Gasteiger partial charge is 0.494 e. The maximum Gasteiger partial charge on any atom is 0.165 e. The van der Waals surface area contributed by atoms with Crippen molar-refractivity contribution < 1.29 is 18.3 Å². The molecular formula is C12H13ClF2O2. The third-order valence-electron chi connectivity index (χ3n) is 2.33. The van der Waals surface area contributed by atoms with Crippen LogP contribution in [0.4, 0.5) is 8.78 Å². The summed E-state index contributed by atoms with van der Waals surface area (Å²) in [5, 5.41) is 0. The van der Waals surface area contributed by atoms with E-state index in [1.807, 2.05) is 0 Å². The van der Waals surface area contributed by atoms with Crippen LogP contribution in [-0.2, 0) is 0 Å². The number of rotatable bonds is 6. The minimum absolute atomic E-state index is 0.162. The van der Waals surface area contributed by atoms with Gasteiger partial charge in [-0.15, -0.1) is 11.6 Å². The van der Waals surface area contributed by atoms with Gasteiger partial charge in [0.15, 0.2) is 17.3 Å². The summed E-state index contributed by atoms with van der Waals surface area (Å²) < 4.78 is 31.4. The lowest BCUT2D eigenvalue weighted by molar-refractivity contribution is 0.0975. The fourth-order valence-corrected chi connectivity index (χ4v) is 1.60. The number of Topliss-reactive ketones (excluding diaryl/α,β-unsaturated/α-hetero) is 1. The van der Waals surface area contributed by atoms with Crippen LogP contribution in [0.5, 0.6) is 5.75 Å². The molecule has 94 valence electrons. The van der Waals surface area contributed by atoms with Gasteiger partial charge in [0.1, 0.15) is 5.82 Å². The summed E-state index contributed by atoms with van der Waals surface area (Å²) in [4.78, 5) is 11.6. The van der Waals surface area contributed by atoms with Crippen molar-refractivity contribution in [3.05, 3.63) is 29.3 Å². The van der Waals surface area contributed by atoms with Gasteiger partial charge in [0.25, 0.3) is 0 Å². The van der Waals surface area contributed by atoms with E-state index in [1.165, 1.54) is 7.11 Å². The minimum atomic E-state index is -0.765. The molecule has 0 saturated heterocycles. The van der Waals surface area contributed by atoms with Crippen LogP contribution in [0.3, 0.4) is 0 Å². The lowest BCUT2D eigenvalue weighted by atomic mass is 10.0. The second-order valence-electron chi connectivity index (χ2n) is 3.54. The van der Waals surface area contributed by atoms with Crippen LogP contribution in [0.2, 0.25) is 0 Å². The van der Waals surface area contributed by atoms with Gasteiger partial charge >= 0.3 is 0 Å². The van der Waals surface area contributed by atoms with Gasteiger partial charge in [-0.05, 0) is 18.9 Å². The molecule has 5 heteroatoms. The van der Waals surface area contributed by atoms with Crippen molar-refractivity contribution in [2.24, 2.45) is 0 Å². The fourth-order valence-electron chi connectivity index (χ4n) is 1.41. The molecule has 0 N–H and O–H groups in total. The average molecular weight is 263 g/mol. The summed E-state index contributed by atoms with van der Waals surface area (Å²) in [6.45, 7) is 0. The number of methoxy groups -OCH3 is 1. The van der Waals surface area contributed by atoms with Gasteiger partial charge in [-0.3, -0.25) is 4.79 Å². The van der Waals surface area contributed by atoms with Gasteiger partial charge in [-0.1, -0.05) is 0 Å². The molecule has 17 heavy (non-hydrogen) atoms. The summed E-state index contributed by atoms with van der Waals surface area (Å²) in [7, 11) is 1.24. The Balaban J connectivity index is 2.83. The molecule has 0 aliphatic rings. The first-order valence-electron chi connectivity index (χ1n) is 5.22. The number of hydrogen-bond acceptors (Lipinski definition) is 2. The molecule has 1 aromatic carbocycles. The summed E-state index contributed by atoms with van der Waals surface area (Å²) >= 11 is 5.47. The predicted molar refractivity (Wildman–Crippen MR) is 61.8 cm³/mol. The molecule has 0 radical (unpaired) electrons. The number of carbonyl (C=O) groups excluding carboxylic acids is 1. The number of unbranched alkanes of at least 4 members (excludes halogenated alkanes) is 1. The number of alkyl halides is 1. The topological polar surface area (TPSA) is 26.3 Å². The van der Waals surface area contributed by atoms with Crippen LogP contribution < -0.4 is 4.74 Å². The number of benzene rings is 1. The van der Waals surface area contributed by atoms with Crippen LogP contribution in [0, 0.1) is 11.6 Å². The summed E-state index contributed by atoms with van der Waals surface area (Å²) in [6, 6.07) is 1.75. The first-order chi connectivity index (χ1) is 8.10. The molecule has 0 aliphatic heterocycles. The minimum Gasteiger partial charge on any atom is -0.494 e. The van der Waals surface area contributed by atoms with E-state index in [0.29, 0.717) is 18.7 Å². The van der Waals surface area contributed by atoms with E-state index in [0.717, 1.165) is 12.1 Å². The molecular weight excluding hydrogens is 250 g/mol. The zero-order valence-electron chi connectivity index (χ0n) is 9.43. The van der Waals surface area contributed by atoms with Crippen molar-refractivity contribution >= 4 is 17.4 Å². The maximum atomic E-state index is 13.5. The standard InChI is InChI=1S/C12H13ClF2O2/c1-17-12-7-9(14)8(6-10(12)15)11(16)4-2-3-5-13/h6-7H,2-5H2,1H3. The summed E-state index contributed by atoms with van der Waals surface area (Å²) in [6.07, 6.45) is 1.40. The number of halogens is 3. The van der Waals surface area contributed by atoms with Crippen molar-refractivity contribution in [2.75, 3.05) is 13.0 Å². The van der Waals surface area contributed by atoms with Crippen LogP contribution >= 0.6 is 11.6 Å². The highest BCUT2D eigenvalue weighted by atomic mass is 35.5. The van der Waals surface area contributed by atoms with Crippen molar-refractivity contribution in [3.8, 4) is 5.75 Å². The molecule has 2 nitrogen and oxygen atoms in total. The van der Waals surface area contributed by atoms with E-state index in [1.54, 1.807) is 0 Å². The van der Waals surface area contributed by atoms with Crippen molar-refractivity contribution in [1.82, 2.24) is 0 Å². The third-order valence-corrected chi connectivity index (χ3v) is 2.60. The van der Waals surface area contributed by atoms with Crippen LogP contribution in [0.25, 0.3) is 0 Å². The Hall–Kier alpha value is -1.16. The Morgan fingerprint density at radius 1 is 1.29 bits per heavy atom. The molecule has 0 amide bonds. The molecule has 0 aromatic heterocycles. The lowest BCUT2D eigenvalue weighted by Crippen LogP contribution is -2.04. The molecule has 0 aliphatic carbocycles. The van der Waals surface area contributed by atoms with Gasteiger partial charge in [-0.2, -0.15) is 0 Å². The highest BCUT2D eigenvalue weighted by Crippen LogP contribution is 2.22. The van der Waals surface area contributed by atoms with E-state index >= 15 is 0 Å². The first kappa shape index (κ1) is 13.9. The smallest absolute Gasteiger partial charge is 0.165 e. The quantitative estimate of drug-likeness (QED) is 0.445. The van der Waals surface area contributed by atoms with E-state index in [4.69, 9.17) is 11.6 Å². The molecule has 0 saturated carbocycles. The molecule has 1 rings (SSSR count). The monoisotopic (exact) mass is 262 g/mol. The first-order valence-corrected chi connectivity index (χ1v) is 5.75. The Kier molecular flexibility index (Phi) is 5.35. The van der Waals surface area contributed by atoms with Crippen molar-refractivity contribution in [1.29, 1.82) is 0 Å². The Bertz CT molecular complexity index is 408. The van der Waals surface area contributed by atoms with Gasteiger partial charge in [0.05, 0.1) is 12.7 Å². The fraction of sp³-hybridized carbons (Fsp3) is 0.417. The maximum absolute atomic E-state index is 13.5. The molecule has 0 spiro atoms. The van der Waals surface area contributed by atoms with E-state index in [9.17, 15) is 13.6 Å². The second kappa shape index (κ2) is 6.55. The van der Waals surface area contributed by atoms with E-state index in [-0.39, 0.29) is 17.7 Å². The Morgan fingerprint density at radius 2 is 2.00 bits per heavy atom. The van der Waals surface area contributed by atoms with Gasteiger partial charge in [-0.25, -0.2) is 8.78 Å². The van der Waals surface area contributed by atoms with E-state index < -0.39 is 17.4 Å². The van der Waals surface area contributed by atoms with Gasteiger partial charge in [0, 0.05) is 18.4 Å². The second-order valence-corrected chi connectivity index (χ2v) is 3.91. The van der Waals surface area contributed by atoms with Gasteiger partial charge < -0.3 is 4.74 Å². The number of ether oxygens (including phenoxy) is 1. The predicted octanol–water partition coefficient (Wildman–Crippen LogP) is 3.57. The number of ketones is 1. The van der Waals surface area contributed by atoms with Crippen LogP contribution in [-0.4, -0.2) is 18.8 Å². The molecule has 0 heterocycles. The third kappa shape index (κ3) is 3.66. The van der Waals surface area contributed by atoms with Crippen LogP contribution in [0.15, 0.2) is 12.1 Å². The molecule has 1 aromatic rings. The zero-order chi connectivity index (χ0) is 12.8. The average Bonchev–Trinajstić information content (AvgIpc) is 2.31. The van der Waals surface area contributed by atoms with Crippen LogP contribution in [0.1, 0.15) is 29.6 Å². The Morgan fingerprint density at radius 3 is 2.59 bits per heavy atom. The number of hydrogen-bond donors (Lipinski definition) is 0. The highest BCUT2D eigenvalue weighted by Gasteiger charge is 2.16. The van der Waals surface area contributed by atoms with Crippen molar-refractivity contribution in [2.45, 2.75) is 19.3 Å². The SMILES string of the molecule is COc1cc(F)c(C(=O)CCCCCl)cc1F.